The van der Waals surface area contributed by atoms with Crippen molar-refractivity contribution in [3.05, 3.63) is 64.4 Å². The number of ether oxygens (including phenoxy) is 1. The second kappa shape index (κ2) is 7.66. The largest absolute Gasteiger partial charge is 0.465 e. The number of hydrogen-bond donors (Lipinski definition) is 2. The maximum absolute atomic E-state index is 14.3. The van der Waals surface area contributed by atoms with Gasteiger partial charge in [-0.2, -0.15) is 0 Å². The molecule has 33 heavy (non-hydrogen) atoms. The van der Waals surface area contributed by atoms with Crippen molar-refractivity contribution in [1.82, 2.24) is 10.3 Å². The molecule has 2 aromatic carbocycles. The number of hydrogen-bond acceptors (Lipinski definition) is 4. The average molecular weight is 453 g/mol. The third-order valence-electron chi connectivity index (χ3n) is 7.01. The van der Waals surface area contributed by atoms with Crippen molar-refractivity contribution in [2.24, 2.45) is 5.41 Å². The predicted octanol–water partition coefficient (Wildman–Crippen LogP) is 4.25. The Morgan fingerprint density at radius 1 is 1.06 bits per heavy atom. The molecule has 1 saturated carbocycles. The van der Waals surface area contributed by atoms with Gasteiger partial charge in [0.25, 0.3) is 5.91 Å². The number of aromatic nitrogens is 1. The molecule has 0 bridgehead atoms. The molecule has 0 atom stereocenters. The molecule has 8 heteroatoms. The molecule has 1 amide bonds. The molecule has 1 saturated heterocycles. The molecule has 0 unspecified atom stereocenters. The van der Waals surface area contributed by atoms with Gasteiger partial charge in [0.2, 0.25) is 0 Å². The lowest BCUT2D eigenvalue weighted by Crippen LogP contribution is -2.66. The van der Waals surface area contributed by atoms with E-state index in [0.29, 0.717) is 11.3 Å². The standard InChI is InChI=1S/C25H25F2N3O3/c1-13-4-14(2)22(8-17(13)24(32)33-3)30(16-9-25(10-16)11-28-12-25)23(31)21-7-18-19(27)5-15(26)6-20(18)29-21/h4-8,16,28-29H,9-12H2,1-3H3. The zero-order valence-corrected chi connectivity index (χ0v) is 18.7. The molecule has 6 nitrogen and oxygen atoms in total. The number of carbonyl (C=O) groups excluding carboxylic acids is 2. The van der Waals surface area contributed by atoms with Gasteiger partial charge in [0.15, 0.2) is 0 Å². The summed E-state index contributed by atoms with van der Waals surface area (Å²) in [4.78, 5) is 30.7. The van der Waals surface area contributed by atoms with E-state index in [9.17, 15) is 18.4 Å². The molecular weight excluding hydrogens is 428 g/mol. The van der Waals surface area contributed by atoms with Crippen molar-refractivity contribution >= 4 is 28.5 Å². The van der Waals surface area contributed by atoms with E-state index in [1.54, 1.807) is 11.0 Å². The van der Waals surface area contributed by atoms with Crippen LogP contribution in [0.2, 0.25) is 0 Å². The smallest absolute Gasteiger partial charge is 0.338 e. The monoisotopic (exact) mass is 453 g/mol. The zero-order chi connectivity index (χ0) is 23.5. The summed E-state index contributed by atoms with van der Waals surface area (Å²) in [7, 11) is 1.32. The number of amides is 1. The molecule has 0 radical (unpaired) electrons. The molecule has 1 spiro atoms. The number of nitrogens with zero attached hydrogens (tertiary/aromatic N) is 1. The van der Waals surface area contributed by atoms with Crippen molar-refractivity contribution in [1.29, 1.82) is 0 Å². The highest BCUT2D eigenvalue weighted by molar-refractivity contribution is 6.09. The second-order valence-corrected chi connectivity index (χ2v) is 9.32. The van der Waals surface area contributed by atoms with Crippen LogP contribution in [0.3, 0.4) is 0 Å². The Balaban J connectivity index is 1.59. The molecule has 2 aliphatic rings. The summed E-state index contributed by atoms with van der Waals surface area (Å²) in [5, 5.41) is 3.45. The van der Waals surface area contributed by atoms with Gasteiger partial charge >= 0.3 is 5.97 Å². The lowest BCUT2D eigenvalue weighted by Gasteiger charge is -2.57. The predicted molar refractivity (Wildman–Crippen MR) is 121 cm³/mol. The second-order valence-electron chi connectivity index (χ2n) is 9.32. The van der Waals surface area contributed by atoms with Gasteiger partial charge in [-0.1, -0.05) is 6.07 Å². The van der Waals surface area contributed by atoms with Crippen LogP contribution < -0.4 is 10.2 Å². The van der Waals surface area contributed by atoms with Crippen LogP contribution >= 0.6 is 0 Å². The highest BCUT2D eigenvalue weighted by Gasteiger charge is 2.52. The number of esters is 1. The van der Waals surface area contributed by atoms with Gasteiger partial charge in [0.05, 0.1) is 18.2 Å². The van der Waals surface area contributed by atoms with E-state index in [1.807, 2.05) is 19.9 Å². The number of rotatable bonds is 4. The van der Waals surface area contributed by atoms with Crippen LogP contribution in [0.1, 0.15) is 44.8 Å². The molecule has 172 valence electrons. The Morgan fingerprint density at radius 3 is 2.42 bits per heavy atom. The fourth-order valence-corrected chi connectivity index (χ4v) is 5.20. The Bertz CT molecular complexity index is 1290. The summed E-state index contributed by atoms with van der Waals surface area (Å²) in [5.74, 6) is -2.26. The Morgan fingerprint density at radius 2 is 1.79 bits per heavy atom. The van der Waals surface area contributed by atoms with Crippen LogP contribution in [0.25, 0.3) is 10.9 Å². The third kappa shape index (κ3) is 3.49. The highest BCUT2D eigenvalue weighted by Crippen LogP contribution is 2.48. The van der Waals surface area contributed by atoms with Crippen molar-refractivity contribution in [2.45, 2.75) is 32.7 Å². The van der Waals surface area contributed by atoms with Gasteiger partial charge < -0.3 is 19.9 Å². The van der Waals surface area contributed by atoms with Crippen LogP contribution in [-0.4, -0.2) is 43.1 Å². The van der Waals surface area contributed by atoms with E-state index in [0.717, 1.165) is 43.1 Å². The van der Waals surface area contributed by atoms with Crippen LogP contribution in [0.5, 0.6) is 0 Å². The Hall–Kier alpha value is -3.26. The molecule has 1 aromatic heterocycles. The summed E-state index contributed by atoms with van der Waals surface area (Å²) >= 11 is 0. The minimum absolute atomic E-state index is 0.0699. The third-order valence-corrected chi connectivity index (χ3v) is 7.01. The first-order chi connectivity index (χ1) is 15.7. The van der Waals surface area contributed by atoms with E-state index in [2.05, 4.69) is 10.3 Å². The Labute approximate surface area is 189 Å². The first-order valence-electron chi connectivity index (χ1n) is 10.9. The van der Waals surface area contributed by atoms with Gasteiger partial charge in [-0.15, -0.1) is 0 Å². The molecular formula is C25H25F2N3O3. The molecule has 2 N–H and O–H groups in total. The number of nitrogens with one attached hydrogen (secondary N) is 2. The minimum atomic E-state index is -0.727. The first kappa shape index (κ1) is 21.6. The number of anilines is 1. The van der Waals surface area contributed by atoms with Gasteiger partial charge in [-0.05, 0) is 61.4 Å². The van der Waals surface area contributed by atoms with Crippen LogP contribution in [0.4, 0.5) is 14.5 Å². The quantitative estimate of drug-likeness (QED) is 0.580. The molecule has 5 rings (SSSR count). The van der Waals surface area contributed by atoms with E-state index in [1.165, 1.54) is 19.2 Å². The molecule has 2 heterocycles. The lowest BCUT2D eigenvalue weighted by atomic mass is 9.61. The number of aromatic amines is 1. The Kier molecular flexibility index (Phi) is 5.01. The van der Waals surface area contributed by atoms with Gasteiger partial charge in [-0.3, -0.25) is 4.79 Å². The summed E-state index contributed by atoms with van der Waals surface area (Å²) in [6, 6.07) is 6.88. The molecule has 2 fully saturated rings. The first-order valence-corrected chi connectivity index (χ1v) is 10.9. The van der Waals surface area contributed by atoms with Crippen LogP contribution in [-0.2, 0) is 4.74 Å². The van der Waals surface area contributed by atoms with Gasteiger partial charge in [0.1, 0.15) is 17.3 Å². The van der Waals surface area contributed by atoms with E-state index < -0.39 is 17.6 Å². The normalized spacial score (nSPS) is 17.0. The maximum atomic E-state index is 14.3. The number of benzene rings is 2. The fraction of sp³-hybridized carbons (Fsp3) is 0.360. The summed E-state index contributed by atoms with van der Waals surface area (Å²) in [6.07, 6.45) is 1.66. The number of fused-ring (bicyclic) bond motifs is 1. The van der Waals surface area contributed by atoms with Crippen molar-refractivity contribution in [3.63, 3.8) is 0 Å². The van der Waals surface area contributed by atoms with Crippen molar-refractivity contribution < 1.29 is 23.1 Å². The SMILES string of the molecule is COC(=O)c1cc(N(C(=O)c2cc3c(F)cc(F)cc3[nH]2)C2CC3(CNC3)C2)c(C)cc1C. The maximum Gasteiger partial charge on any atom is 0.338 e. The summed E-state index contributed by atoms with van der Waals surface area (Å²) in [5.41, 5.74) is 3.19. The average Bonchev–Trinajstić information content (AvgIpc) is 3.13. The molecule has 1 aliphatic carbocycles. The van der Waals surface area contributed by atoms with Gasteiger partial charge in [0, 0.05) is 36.3 Å². The lowest BCUT2D eigenvalue weighted by molar-refractivity contribution is 0.0340. The summed E-state index contributed by atoms with van der Waals surface area (Å²) in [6.45, 7) is 5.55. The zero-order valence-electron chi connectivity index (χ0n) is 18.7. The van der Waals surface area contributed by atoms with E-state index in [-0.39, 0.29) is 34.0 Å². The van der Waals surface area contributed by atoms with E-state index in [4.69, 9.17) is 4.74 Å². The summed E-state index contributed by atoms with van der Waals surface area (Å²) < 4.78 is 32.9. The number of methoxy groups -OCH3 is 1. The van der Waals surface area contributed by atoms with Crippen LogP contribution in [0, 0.1) is 30.9 Å². The van der Waals surface area contributed by atoms with Crippen molar-refractivity contribution in [2.75, 3.05) is 25.1 Å². The number of carbonyl (C=O) groups is 2. The minimum Gasteiger partial charge on any atom is -0.465 e. The molecule has 3 aromatic rings. The van der Waals surface area contributed by atoms with Crippen molar-refractivity contribution in [3.8, 4) is 0 Å². The van der Waals surface area contributed by atoms with E-state index >= 15 is 0 Å². The number of aryl methyl sites for hydroxylation is 2. The molecule has 1 aliphatic heterocycles. The number of H-pyrrole nitrogens is 1. The fourth-order valence-electron chi connectivity index (χ4n) is 5.20. The highest BCUT2D eigenvalue weighted by atomic mass is 19.1. The topological polar surface area (TPSA) is 74.4 Å². The van der Waals surface area contributed by atoms with Crippen LogP contribution in [0.15, 0.2) is 30.3 Å². The van der Waals surface area contributed by atoms with Gasteiger partial charge in [-0.25, -0.2) is 13.6 Å². The number of halogens is 2.